The molecule has 2 aromatic heterocycles. The number of hydrogen-bond acceptors (Lipinski definition) is 7. The van der Waals surface area contributed by atoms with Gasteiger partial charge < -0.3 is 14.3 Å². The third-order valence-electron chi connectivity index (χ3n) is 5.35. The molecule has 0 unspecified atom stereocenters. The number of likely N-dealkylation sites (tertiary alicyclic amines) is 1. The van der Waals surface area contributed by atoms with Crippen LogP contribution in [0.15, 0.2) is 46.9 Å². The topological polar surface area (TPSA) is 102 Å². The molecule has 0 radical (unpaired) electrons. The van der Waals surface area contributed by atoms with Gasteiger partial charge in [-0.3, -0.25) is 4.90 Å². The summed E-state index contributed by atoms with van der Waals surface area (Å²) in [5, 5.41) is 16.8. The fourth-order valence-corrected chi connectivity index (χ4v) is 3.81. The third kappa shape index (κ3) is 6.36. The molecule has 0 aliphatic carbocycles. The number of pyridine rings is 1. The zero-order valence-corrected chi connectivity index (χ0v) is 18.4. The van der Waals surface area contributed by atoms with Crippen molar-refractivity contribution < 1.29 is 23.4 Å². The standard InChI is InChI=1S/C23H22ClFN4O4/c24-17-5-4-16(18(25)12-17)14-32-20-3-1-2-19(26-20)15-8-10-29(11-9-15)13-22-28-27-21(33-22)6-7-23(30)31/h1-7,12,15H,8-11,13-14H2,(H,30,31)/b7-6+. The Bertz CT molecular complexity index is 1140. The number of benzene rings is 1. The molecule has 0 bridgehead atoms. The zero-order chi connectivity index (χ0) is 23.2. The molecule has 33 heavy (non-hydrogen) atoms. The van der Waals surface area contributed by atoms with Crippen molar-refractivity contribution in [1.29, 1.82) is 0 Å². The molecular weight excluding hydrogens is 451 g/mol. The molecule has 172 valence electrons. The van der Waals surface area contributed by atoms with E-state index in [4.69, 9.17) is 25.9 Å². The van der Waals surface area contributed by atoms with Crippen molar-refractivity contribution in [2.24, 2.45) is 0 Å². The van der Waals surface area contributed by atoms with Gasteiger partial charge in [0.2, 0.25) is 17.7 Å². The minimum atomic E-state index is -1.07. The predicted octanol–water partition coefficient (Wildman–Crippen LogP) is 4.31. The normalized spacial score (nSPS) is 15.2. The van der Waals surface area contributed by atoms with Gasteiger partial charge in [0.1, 0.15) is 12.4 Å². The van der Waals surface area contributed by atoms with Gasteiger partial charge in [0.15, 0.2) is 0 Å². The van der Waals surface area contributed by atoms with Gasteiger partial charge >= 0.3 is 5.97 Å². The molecule has 1 aliphatic rings. The fraction of sp³-hybridized carbons (Fsp3) is 0.304. The fourth-order valence-electron chi connectivity index (χ4n) is 3.65. The third-order valence-corrected chi connectivity index (χ3v) is 5.59. The molecule has 0 atom stereocenters. The first kappa shape index (κ1) is 22.9. The van der Waals surface area contributed by atoms with E-state index in [1.165, 1.54) is 12.1 Å². The lowest BCUT2D eigenvalue weighted by Gasteiger charge is -2.30. The number of carboxylic acids is 1. The number of carboxylic acid groups (broad SMARTS) is 1. The van der Waals surface area contributed by atoms with Gasteiger partial charge in [-0.1, -0.05) is 23.7 Å². The summed E-state index contributed by atoms with van der Waals surface area (Å²) >= 11 is 5.79. The van der Waals surface area contributed by atoms with Crippen molar-refractivity contribution in [3.63, 3.8) is 0 Å². The van der Waals surface area contributed by atoms with Crippen LogP contribution in [0.5, 0.6) is 5.88 Å². The first-order chi connectivity index (χ1) is 16.0. The first-order valence-corrected chi connectivity index (χ1v) is 10.8. The minimum absolute atomic E-state index is 0.0751. The molecule has 8 nitrogen and oxygen atoms in total. The Balaban J connectivity index is 1.29. The van der Waals surface area contributed by atoms with Crippen molar-refractivity contribution in [2.45, 2.75) is 31.9 Å². The van der Waals surface area contributed by atoms with E-state index in [1.54, 1.807) is 18.2 Å². The maximum Gasteiger partial charge on any atom is 0.328 e. The van der Waals surface area contributed by atoms with Crippen LogP contribution in [0.1, 0.15) is 41.8 Å². The Morgan fingerprint density at radius 2 is 2.09 bits per heavy atom. The van der Waals surface area contributed by atoms with Crippen LogP contribution in [-0.4, -0.2) is 44.2 Å². The van der Waals surface area contributed by atoms with E-state index in [0.29, 0.717) is 28.9 Å². The van der Waals surface area contributed by atoms with Crippen LogP contribution in [0.3, 0.4) is 0 Å². The van der Waals surface area contributed by atoms with E-state index < -0.39 is 11.8 Å². The van der Waals surface area contributed by atoms with Gasteiger partial charge in [-0.15, -0.1) is 10.2 Å². The van der Waals surface area contributed by atoms with E-state index in [0.717, 1.165) is 37.7 Å². The van der Waals surface area contributed by atoms with Crippen molar-refractivity contribution in [3.8, 4) is 5.88 Å². The number of nitrogens with zero attached hydrogens (tertiary/aromatic N) is 4. The molecule has 1 aliphatic heterocycles. The van der Waals surface area contributed by atoms with Crippen LogP contribution >= 0.6 is 11.6 Å². The van der Waals surface area contributed by atoms with Gasteiger partial charge in [-0.25, -0.2) is 14.2 Å². The summed E-state index contributed by atoms with van der Waals surface area (Å²) in [6, 6.07) is 10.1. The molecule has 3 aromatic rings. The number of halogens is 2. The second-order valence-corrected chi connectivity index (χ2v) is 8.12. The van der Waals surface area contributed by atoms with Gasteiger partial charge in [0.05, 0.1) is 6.54 Å². The smallest absolute Gasteiger partial charge is 0.328 e. The second kappa shape index (κ2) is 10.5. The summed E-state index contributed by atoms with van der Waals surface area (Å²) in [5.41, 5.74) is 1.37. The highest BCUT2D eigenvalue weighted by molar-refractivity contribution is 6.30. The lowest BCUT2D eigenvalue weighted by molar-refractivity contribution is -0.131. The highest BCUT2D eigenvalue weighted by Crippen LogP contribution is 2.28. The number of rotatable bonds is 8. The van der Waals surface area contributed by atoms with Crippen LogP contribution in [0.2, 0.25) is 5.02 Å². The van der Waals surface area contributed by atoms with Crippen LogP contribution in [0.4, 0.5) is 4.39 Å². The lowest BCUT2D eigenvalue weighted by Crippen LogP contribution is -2.32. The predicted molar refractivity (Wildman–Crippen MR) is 118 cm³/mol. The zero-order valence-electron chi connectivity index (χ0n) is 17.7. The average molecular weight is 473 g/mol. The monoisotopic (exact) mass is 472 g/mol. The van der Waals surface area contributed by atoms with Gasteiger partial charge in [-0.05, 0) is 44.1 Å². The Morgan fingerprint density at radius 1 is 1.27 bits per heavy atom. The molecule has 10 heteroatoms. The lowest BCUT2D eigenvalue weighted by atomic mass is 9.93. The molecule has 0 spiro atoms. The Morgan fingerprint density at radius 3 is 2.85 bits per heavy atom. The number of carbonyl (C=O) groups is 1. The molecule has 0 amide bonds. The summed E-state index contributed by atoms with van der Waals surface area (Å²) in [5.74, 6) is -0.122. The van der Waals surface area contributed by atoms with E-state index in [-0.39, 0.29) is 18.4 Å². The summed E-state index contributed by atoms with van der Waals surface area (Å²) in [6.45, 7) is 2.24. The highest BCUT2D eigenvalue weighted by atomic mass is 35.5. The maximum absolute atomic E-state index is 14.0. The second-order valence-electron chi connectivity index (χ2n) is 7.68. The number of piperidine rings is 1. The number of ether oxygens (including phenoxy) is 1. The molecule has 1 fully saturated rings. The summed E-state index contributed by atoms with van der Waals surface area (Å²) in [6.07, 6.45) is 4.04. The molecule has 4 rings (SSSR count). The van der Waals surface area contributed by atoms with Crippen molar-refractivity contribution in [3.05, 3.63) is 76.4 Å². The first-order valence-electron chi connectivity index (χ1n) is 10.5. The number of aliphatic carboxylic acids is 1. The summed E-state index contributed by atoms with van der Waals surface area (Å²) in [7, 11) is 0. The van der Waals surface area contributed by atoms with E-state index in [9.17, 15) is 9.18 Å². The van der Waals surface area contributed by atoms with Gasteiger partial charge in [0.25, 0.3) is 0 Å². The number of hydrogen-bond donors (Lipinski definition) is 1. The van der Waals surface area contributed by atoms with Crippen LogP contribution in [0, 0.1) is 5.82 Å². The van der Waals surface area contributed by atoms with Crippen molar-refractivity contribution >= 4 is 23.6 Å². The minimum Gasteiger partial charge on any atom is -0.478 e. The molecular formula is C23H22ClFN4O4. The van der Waals surface area contributed by atoms with Crippen LogP contribution in [-0.2, 0) is 17.9 Å². The molecule has 1 N–H and O–H groups in total. The van der Waals surface area contributed by atoms with Crippen LogP contribution < -0.4 is 4.74 Å². The van der Waals surface area contributed by atoms with E-state index >= 15 is 0 Å². The maximum atomic E-state index is 14.0. The van der Waals surface area contributed by atoms with E-state index in [1.807, 2.05) is 12.1 Å². The SMILES string of the molecule is O=C(O)/C=C/c1nnc(CN2CCC(c3cccc(OCc4ccc(Cl)cc4F)n3)CC2)o1. The molecule has 3 heterocycles. The van der Waals surface area contributed by atoms with Gasteiger partial charge in [0, 0.05) is 40.4 Å². The van der Waals surface area contributed by atoms with E-state index in [2.05, 4.69) is 20.1 Å². The van der Waals surface area contributed by atoms with Crippen LogP contribution in [0.25, 0.3) is 6.08 Å². The molecule has 1 aromatic carbocycles. The Hall–Kier alpha value is -3.30. The Kier molecular flexibility index (Phi) is 7.31. The average Bonchev–Trinajstić information content (AvgIpc) is 3.25. The summed E-state index contributed by atoms with van der Waals surface area (Å²) in [4.78, 5) is 17.4. The van der Waals surface area contributed by atoms with Gasteiger partial charge in [-0.2, -0.15) is 0 Å². The molecule has 0 saturated carbocycles. The Labute approximate surface area is 194 Å². The quantitative estimate of drug-likeness (QED) is 0.484. The molecule has 1 saturated heterocycles. The number of aromatic nitrogens is 3. The highest BCUT2D eigenvalue weighted by Gasteiger charge is 2.23. The largest absolute Gasteiger partial charge is 0.478 e. The van der Waals surface area contributed by atoms with Crippen molar-refractivity contribution in [2.75, 3.05) is 13.1 Å². The van der Waals surface area contributed by atoms with Crippen molar-refractivity contribution in [1.82, 2.24) is 20.1 Å². The summed E-state index contributed by atoms with van der Waals surface area (Å²) < 4.78 is 25.1.